The summed E-state index contributed by atoms with van der Waals surface area (Å²) in [6.45, 7) is 4.56. The van der Waals surface area contributed by atoms with E-state index in [-0.39, 0.29) is 0 Å². The van der Waals surface area contributed by atoms with Gasteiger partial charge in [-0.15, -0.1) is 0 Å². The molecule has 0 N–H and O–H groups in total. The van der Waals surface area contributed by atoms with Gasteiger partial charge in [0.15, 0.2) is 0 Å². The summed E-state index contributed by atoms with van der Waals surface area (Å²) in [5, 5.41) is 0. The summed E-state index contributed by atoms with van der Waals surface area (Å²) in [6, 6.07) is 14.5. The van der Waals surface area contributed by atoms with E-state index in [4.69, 9.17) is 0 Å². The summed E-state index contributed by atoms with van der Waals surface area (Å²) in [6.07, 6.45) is 30.1. The topological polar surface area (TPSA) is 0 Å². The molecule has 0 nitrogen and oxygen atoms in total. The van der Waals surface area contributed by atoms with Gasteiger partial charge in [-0.3, -0.25) is 0 Å². The van der Waals surface area contributed by atoms with Gasteiger partial charge in [0.2, 0.25) is 0 Å². The highest BCUT2D eigenvalue weighted by molar-refractivity contribution is 5.27. The van der Waals surface area contributed by atoms with Gasteiger partial charge in [-0.25, -0.2) is 0 Å². The number of hydrogen-bond donors (Lipinski definition) is 0. The molecule has 0 unspecified atom stereocenters. The fourth-order valence-corrected chi connectivity index (χ4v) is 12.3. The molecule has 0 saturated heterocycles. The minimum atomic E-state index is -4.12. The normalized spacial score (nSPS) is 27.6. The molecule has 0 spiro atoms. The van der Waals surface area contributed by atoms with Crippen molar-refractivity contribution in [3.8, 4) is 0 Å². The van der Waals surface area contributed by atoms with Gasteiger partial charge in [0, 0.05) is 0 Å². The summed E-state index contributed by atoms with van der Waals surface area (Å²) >= 11 is 0. The zero-order valence-electron chi connectivity index (χ0n) is 38.4. The maximum atomic E-state index is 12.6. The predicted molar refractivity (Wildman–Crippen MR) is 244 cm³/mol. The van der Waals surface area contributed by atoms with Gasteiger partial charge in [-0.2, -0.15) is 26.3 Å². The zero-order valence-corrected chi connectivity index (χ0v) is 38.4. The molecule has 4 aliphatic carbocycles. The van der Waals surface area contributed by atoms with Crippen LogP contribution in [0, 0.1) is 35.5 Å². The Hall–Kier alpha value is -1.98. The Bertz CT molecular complexity index is 1410. The van der Waals surface area contributed by atoms with Crippen LogP contribution in [-0.2, 0) is 12.8 Å². The van der Waals surface area contributed by atoms with Gasteiger partial charge >= 0.3 is 12.4 Å². The van der Waals surface area contributed by atoms with Crippen LogP contribution >= 0.6 is 0 Å². The lowest BCUT2D eigenvalue weighted by Gasteiger charge is -2.38. The molecule has 2 aromatic rings. The van der Waals surface area contributed by atoms with E-state index in [1.807, 2.05) is 24.3 Å². The molecule has 0 radical (unpaired) electrons. The Morgan fingerprint density at radius 3 is 0.934 bits per heavy atom. The van der Waals surface area contributed by atoms with Gasteiger partial charge in [0.25, 0.3) is 0 Å². The lowest BCUT2D eigenvalue weighted by atomic mass is 9.68. The molecule has 4 saturated carbocycles. The molecule has 4 aliphatic rings. The van der Waals surface area contributed by atoms with Crippen molar-refractivity contribution in [3.05, 3.63) is 70.8 Å². The first-order chi connectivity index (χ1) is 29.4. The number of unbranched alkanes of at least 4 members (excludes halogenated alkanes) is 9. The molecule has 0 atom stereocenters. The van der Waals surface area contributed by atoms with E-state index in [2.05, 4.69) is 13.8 Å². The van der Waals surface area contributed by atoms with Crippen molar-refractivity contribution >= 4 is 0 Å². The fraction of sp³-hybridized carbons (Fsp3) is 0.782. The first-order valence-corrected chi connectivity index (χ1v) is 25.7. The quantitative estimate of drug-likeness (QED) is 0.0975. The van der Waals surface area contributed by atoms with E-state index in [0.717, 1.165) is 35.5 Å². The second-order valence-electron chi connectivity index (χ2n) is 20.6. The van der Waals surface area contributed by atoms with Crippen LogP contribution in [0.25, 0.3) is 0 Å². The van der Waals surface area contributed by atoms with Crippen LogP contribution < -0.4 is 0 Å². The van der Waals surface area contributed by atoms with E-state index >= 15 is 0 Å². The SMILES string of the molecule is CCCCCCCC1CCC(C2CCC(c3ccc(CC(F)(F)F)cc3)CC2)CC1.CCCCCCCCC1CCC(C2CCC(c3ccc(CC(F)(F)F)cc3)CC2)CC1. The van der Waals surface area contributed by atoms with E-state index < -0.39 is 25.2 Å². The molecule has 346 valence electrons. The van der Waals surface area contributed by atoms with E-state index in [1.54, 1.807) is 24.3 Å². The lowest BCUT2D eigenvalue weighted by Crippen LogP contribution is -2.25. The number of halogens is 6. The molecule has 0 heterocycles. The molecule has 61 heavy (non-hydrogen) atoms. The highest BCUT2D eigenvalue weighted by Crippen LogP contribution is 2.46. The Labute approximate surface area is 368 Å². The average molecular weight is 859 g/mol. The third kappa shape index (κ3) is 18.6. The zero-order chi connectivity index (χ0) is 43.5. The summed E-state index contributed by atoms with van der Waals surface area (Å²) in [5.41, 5.74) is 3.24. The number of alkyl halides is 6. The van der Waals surface area contributed by atoms with Gasteiger partial charge in [-0.05, 0) is 147 Å². The standard InChI is InChI=1S/C28H43F3.C27H41F3/c1-2-3-4-5-6-7-8-22-9-13-24(14-10-22)26-17-19-27(20-18-26)25-15-11-23(12-16-25)21-28(29,30)31;1-2-3-4-5-6-7-21-8-12-23(13-9-21)25-16-18-26(19-17-25)24-14-10-22(11-15-24)20-27(28,29)30/h11-12,15-16,22,24,26-27H,2-10,13-14,17-21H2,1H3;10-11,14-15,21,23,25-26H,2-9,12-13,16-20H2,1H3. The summed E-state index contributed by atoms with van der Waals surface area (Å²) in [4.78, 5) is 0. The van der Waals surface area contributed by atoms with Crippen LogP contribution in [0.2, 0.25) is 0 Å². The maximum absolute atomic E-state index is 12.6. The third-order valence-electron chi connectivity index (χ3n) is 16.1. The van der Waals surface area contributed by atoms with Crippen LogP contribution in [0.4, 0.5) is 26.3 Å². The molecule has 0 aliphatic heterocycles. The molecule has 4 fully saturated rings. The number of benzene rings is 2. The summed E-state index contributed by atoms with van der Waals surface area (Å²) in [5.74, 6) is 6.67. The summed E-state index contributed by atoms with van der Waals surface area (Å²) < 4.78 is 75.3. The van der Waals surface area contributed by atoms with Crippen molar-refractivity contribution in [2.75, 3.05) is 0 Å². The molecular formula is C55H84F6. The van der Waals surface area contributed by atoms with Crippen molar-refractivity contribution in [1.82, 2.24) is 0 Å². The summed E-state index contributed by atoms with van der Waals surface area (Å²) in [7, 11) is 0. The smallest absolute Gasteiger partial charge is 0.171 e. The third-order valence-corrected chi connectivity index (χ3v) is 16.1. The Kier molecular flexibility index (Phi) is 21.4. The first-order valence-electron chi connectivity index (χ1n) is 25.7. The van der Waals surface area contributed by atoms with E-state index in [1.165, 1.54) is 197 Å². The van der Waals surface area contributed by atoms with Crippen LogP contribution in [0.3, 0.4) is 0 Å². The fourth-order valence-electron chi connectivity index (χ4n) is 12.3. The Balaban J connectivity index is 0.000000231. The second kappa shape index (κ2) is 26.1. The Morgan fingerprint density at radius 2 is 0.639 bits per heavy atom. The van der Waals surface area contributed by atoms with E-state index in [9.17, 15) is 26.3 Å². The largest absolute Gasteiger partial charge is 0.393 e. The first kappa shape index (κ1) is 50.0. The van der Waals surface area contributed by atoms with Gasteiger partial charge in [-0.1, -0.05) is 172 Å². The molecule has 0 bridgehead atoms. The number of rotatable bonds is 19. The highest BCUT2D eigenvalue weighted by atomic mass is 19.4. The van der Waals surface area contributed by atoms with Crippen molar-refractivity contribution in [2.45, 2.75) is 237 Å². The van der Waals surface area contributed by atoms with Gasteiger partial charge in [0.1, 0.15) is 0 Å². The molecule has 6 heteroatoms. The van der Waals surface area contributed by atoms with Crippen molar-refractivity contribution in [2.24, 2.45) is 35.5 Å². The Morgan fingerprint density at radius 1 is 0.361 bits per heavy atom. The molecule has 0 amide bonds. The van der Waals surface area contributed by atoms with E-state index in [0.29, 0.717) is 23.0 Å². The lowest BCUT2D eigenvalue weighted by molar-refractivity contribution is -0.128. The van der Waals surface area contributed by atoms with Crippen molar-refractivity contribution in [3.63, 3.8) is 0 Å². The monoisotopic (exact) mass is 859 g/mol. The highest BCUT2D eigenvalue weighted by Gasteiger charge is 2.34. The van der Waals surface area contributed by atoms with Crippen LogP contribution in [-0.4, -0.2) is 12.4 Å². The minimum Gasteiger partial charge on any atom is -0.171 e. The maximum Gasteiger partial charge on any atom is 0.393 e. The van der Waals surface area contributed by atoms with Crippen LogP contribution in [0.5, 0.6) is 0 Å². The average Bonchev–Trinajstić information content (AvgIpc) is 3.25. The van der Waals surface area contributed by atoms with Crippen molar-refractivity contribution < 1.29 is 26.3 Å². The van der Waals surface area contributed by atoms with Crippen LogP contribution in [0.1, 0.15) is 234 Å². The van der Waals surface area contributed by atoms with Gasteiger partial charge in [0.05, 0.1) is 12.8 Å². The predicted octanol–water partition coefficient (Wildman–Crippen LogP) is 18.9. The molecule has 6 rings (SSSR count). The van der Waals surface area contributed by atoms with Crippen molar-refractivity contribution in [1.29, 1.82) is 0 Å². The molecule has 0 aromatic heterocycles. The molecular weight excluding hydrogens is 775 g/mol. The molecule has 2 aromatic carbocycles. The number of hydrogen-bond acceptors (Lipinski definition) is 0. The van der Waals surface area contributed by atoms with Crippen LogP contribution in [0.15, 0.2) is 48.5 Å². The second-order valence-corrected chi connectivity index (χ2v) is 20.6. The minimum absolute atomic E-state index is 0.377. The van der Waals surface area contributed by atoms with Gasteiger partial charge < -0.3 is 0 Å².